The summed E-state index contributed by atoms with van der Waals surface area (Å²) in [6, 6.07) is 15.1. The van der Waals surface area contributed by atoms with Crippen molar-refractivity contribution in [1.29, 1.82) is 0 Å². The van der Waals surface area contributed by atoms with E-state index in [4.69, 9.17) is 34.8 Å². The third-order valence-electron chi connectivity index (χ3n) is 6.35. The van der Waals surface area contributed by atoms with Gasteiger partial charge in [-0.2, -0.15) is 0 Å². The van der Waals surface area contributed by atoms with Crippen LogP contribution in [0.1, 0.15) is 44.4 Å². The Labute approximate surface area is 257 Å². The smallest absolute Gasteiger partial charge is 0.264 e. The topological polar surface area (TPSA) is 86.8 Å². The molecule has 0 aliphatic rings. The molecule has 1 N–H and O–H groups in total. The third-order valence-corrected chi connectivity index (χ3v) is 8.95. The van der Waals surface area contributed by atoms with Crippen LogP contribution in [0.15, 0.2) is 65.6 Å². The van der Waals surface area contributed by atoms with Gasteiger partial charge in [0, 0.05) is 27.2 Å². The summed E-state index contributed by atoms with van der Waals surface area (Å²) in [5.74, 6) is -1.01. The van der Waals surface area contributed by atoms with Crippen molar-refractivity contribution >= 4 is 62.3 Å². The molecule has 0 radical (unpaired) electrons. The molecule has 1 atom stereocenters. The average Bonchev–Trinajstić information content (AvgIpc) is 2.87. The SMILES string of the molecule is Cc1ccc(S(=O)(=O)N(CC(=O)N(Cc2ccc(Cl)cc2Cl)C(C)C(=O)NC(C)(C)C)c2cc(Cl)ccc2C)cc1. The second-order valence-corrected chi connectivity index (χ2v) is 14.1. The number of nitrogens with one attached hydrogen (secondary N) is 1. The lowest BCUT2D eigenvalue weighted by Gasteiger charge is -2.34. The van der Waals surface area contributed by atoms with Gasteiger partial charge >= 0.3 is 0 Å². The number of sulfonamides is 1. The number of anilines is 1. The van der Waals surface area contributed by atoms with Gasteiger partial charge in [0.1, 0.15) is 12.6 Å². The van der Waals surface area contributed by atoms with E-state index in [9.17, 15) is 18.0 Å². The van der Waals surface area contributed by atoms with Gasteiger partial charge in [-0.05, 0) is 89.1 Å². The molecule has 3 aromatic rings. The average molecular weight is 639 g/mol. The van der Waals surface area contributed by atoms with Crippen LogP contribution in [0.5, 0.6) is 0 Å². The minimum Gasteiger partial charge on any atom is -0.350 e. The van der Waals surface area contributed by atoms with Crippen molar-refractivity contribution in [3.63, 3.8) is 0 Å². The first-order chi connectivity index (χ1) is 19.0. The van der Waals surface area contributed by atoms with Gasteiger partial charge in [-0.25, -0.2) is 8.42 Å². The molecule has 0 heterocycles. The van der Waals surface area contributed by atoms with E-state index < -0.39 is 40.0 Å². The third kappa shape index (κ3) is 8.38. The molecule has 0 saturated heterocycles. The zero-order chi connectivity index (χ0) is 30.7. The second kappa shape index (κ2) is 13.0. The standard InChI is InChI=1S/C30H34Cl3N3O4S/c1-19-7-13-25(14-8-19)41(39,40)36(27-16-24(32)11-9-20(27)2)18-28(37)35(21(3)29(38)34-30(4,5)6)17-22-10-12-23(31)15-26(22)33/h7-16,21H,17-18H2,1-6H3,(H,34,38). The molecule has 2 amide bonds. The Bertz CT molecular complexity index is 1540. The highest BCUT2D eigenvalue weighted by atomic mass is 35.5. The molecule has 0 saturated carbocycles. The molecule has 0 aliphatic heterocycles. The first-order valence-corrected chi connectivity index (χ1v) is 15.5. The summed E-state index contributed by atoms with van der Waals surface area (Å²) in [6.45, 7) is 10.0. The van der Waals surface area contributed by atoms with Gasteiger partial charge in [0.05, 0.1) is 10.6 Å². The van der Waals surface area contributed by atoms with E-state index in [0.717, 1.165) is 9.87 Å². The summed E-state index contributed by atoms with van der Waals surface area (Å²) in [7, 11) is -4.22. The highest BCUT2D eigenvalue weighted by Crippen LogP contribution is 2.30. The minimum absolute atomic E-state index is 0.0149. The lowest BCUT2D eigenvalue weighted by Crippen LogP contribution is -2.54. The molecule has 0 spiro atoms. The number of carbonyl (C=O) groups is 2. The lowest BCUT2D eigenvalue weighted by molar-refractivity contribution is -0.140. The summed E-state index contributed by atoms with van der Waals surface area (Å²) in [5, 5.41) is 3.93. The van der Waals surface area contributed by atoms with Gasteiger partial charge in [-0.15, -0.1) is 0 Å². The van der Waals surface area contributed by atoms with Crippen LogP contribution >= 0.6 is 34.8 Å². The Kier molecular flexibility index (Phi) is 10.4. The van der Waals surface area contributed by atoms with E-state index in [-0.39, 0.29) is 17.1 Å². The first-order valence-electron chi connectivity index (χ1n) is 12.9. The first kappa shape index (κ1) is 32.7. The van der Waals surface area contributed by atoms with E-state index in [1.165, 1.54) is 23.1 Å². The van der Waals surface area contributed by atoms with E-state index >= 15 is 0 Å². The number of amides is 2. The van der Waals surface area contributed by atoms with Crippen LogP contribution in [-0.2, 0) is 26.2 Å². The maximum Gasteiger partial charge on any atom is 0.264 e. The molecular formula is C30H34Cl3N3O4S. The van der Waals surface area contributed by atoms with Crippen molar-refractivity contribution in [1.82, 2.24) is 10.2 Å². The molecule has 1 unspecified atom stereocenters. The molecule has 0 bridgehead atoms. The Morgan fingerprint density at radius 2 is 1.49 bits per heavy atom. The van der Waals surface area contributed by atoms with Crippen LogP contribution < -0.4 is 9.62 Å². The molecule has 41 heavy (non-hydrogen) atoms. The zero-order valence-electron chi connectivity index (χ0n) is 23.8. The lowest BCUT2D eigenvalue weighted by atomic mass is 10.1. The molecule has 220 valence electrons. The normalized spacial score (nSPS) is 12.5. The van der Waals surface area contributed by atoms with Gasteiger partial charge < -0.3 is 10.2 Å². The molecule has 11 heteroatoms. The van der Waals surface area contributed by atoms with E-state index in [2.05, 4.69) is 5.32 Å². The number of hydrogen-bond acceptors (Lipinski definition) is 4. The Balaban J connectivity index is 2.10. The fourth-order valence-electron chi connectivity index (χ4n) is 4.09. The van der Waals surface area contributed by atoms with Crippen LogP contribution in [0.2, 0.25) is 15.1 Å². The predicted octanol–water partition coefficient (Wildman–Crippen LogP) is 6.79. The van der Waals surface area contributed by atoms with Crippen molar-refractivity contribution < 1.29 is 18.0 Å². The quantitative estimate of drug-likeness (QED) is 0.280. The molecule has 0 aliphatic carbocycles. The van der Waals surface area contributed by atoms with Crippen molar-refractivity contribution in [3.05, 3.63) is 92.4 Å². The number of hydrogen-bond donors (Lipinski definition) is 1. The summed E-state index contributed by atoms with van der Waals surface area (Å²) in [6.07, 6.45) is 0. The fraction of sp³-hybridized carbons (Fsp3) is 0.333. The second-order valence-electron chi connectivity index (χ2n) is 10.9. The molecule has 0 fully saturated rings. The molecule has 7 nitrogen and oxygen atoms in total. The van der Waals surface area contributed by atoms with Gasteiger partial charge in [0.25, 0.3) is 10.0 Å². The number of benzene rings is 3. The summed E-state index contributed by atoms with van der Waals surface area (Å²) < 4.78 is 29.0. The predicted molar refractivity (Wildman–Crippen MR) is 166 cm³/mol. The Hall–Kier alpha value is -2.78. The molecular weight excluding hydrogens is 605 g/mol. The van der Waals surface area contributed by atoms with Gasteiger partial charge in [-0.3, -0.25) is 13.9 Å². The van der Waals surface area contributed by atoms with Crippen LogP contribution in [0.4, 0.5) is 5.69 Å². The van der Waals surface area contributed by atoms with E-state index in [0.29, 0.717) is 26.2 Å². The maximum absolute atomic E-state index is 14.1. The highest BCUT2D eigenvalue weighted by molar-refractivity contribution is 7.92. The van der Waals surface area contributed by atoms with E-state index in [1.807, 2.05) is 27.7 Å². The number of rotatable bonds is 9. The number of aryl methyl sites for hydroxylation is 2. The number of carbonyl (C=O) groups excluding carboxylic acids is 2. The Morgan fingerprint density at radius 3 is 2.07 bits per heavy atom. The zero-order valence-corrected chi connectivity index (χ0v) is 26.9. The van der Waals surface area contributed by atoms with Crippen LogP contribution in [0, 0.1) is 13.8 Å². The van der Waals surface area contributed by atoms with E-state index in [1.54, 1.807) is 56.3 Å². The number of nitrogens with zero attached hydrogens (tertiary/aromatic N) is 2. The van der Waals surface area contributed by atoms with Crippen molar-refractivity contribution in [2.75, 3.05) is 10.8 Å². The number of halogens is 3. The molecule has 3 rings (SSSR count). The highest BCUT2D eigenvalue weighted by Gasteiger charge is 2.34. The van der Waals surface area contributed by atoms with Crippen molar-refractivity contribution in [3.8, 4) is 0 Å². The van der Waals surface area contributed by atoms with Gasteiger partial charge in [-0.1, -0.05) is 64.6 Å². The summed E-state index contributed by atoms with van der Waals surface area (Å²) in [4.78, 5) is 28.6. The molecule has 3 aromatic carbocycles. The maximum atomic E-state index is 14.1. The van der Waals surface area contributed by atoms with Gasteiger partial charge in [0.2, 0.25) is 11.8 Å². The fourth-order valence-corrected chi connectivity index (χ4v) is 6.20. The van der Waals surface area contributed by atoms with Crippen LogP contribution in [0.25, 0.3) is 0 Å². The van der Waals surface area contributed by atoms with Crippen LogP contribution in [-0.4, -0.2) is 43.3 Å². The molecule has 0 aromatic heterocycles. The summed E-state index contributed by atoms with van der Waals surface area (Å²) in [5.41, 5.74) is 1.73. The van der Waals surface area contributed by atoms with Gasteiger partial charge in [0.15, 0.2) is 0 Å². The minimum atomic E-state index is -4.22. The van der Waals surface area contributed by atoms with Crippen molar-refractivity contribution in [2.45, 2.75) is 64.6 Å². The largest absolute Gasteiger partial charge is 0.350 e. The van der Waals surface area contributed by atoms with Crippen molar-refractivity contribution in [2.24, 2.45) is 0 Å². The monoisotopic (exact) mass is 637 g/mol. The Morgan fingerprint density at radius 1 is 0.902 bits per heavy atom. The van der Waals surface area contributed by atoms with Crippen LogP contribution in [0.3, 0.4) is 0 Å². The summed E-state index contributed by atoms with van der Waals surface area (Å²) >= 11 is 18.8.